The summed E-state index contributed by atoms with van der Waals surface area (Å²) in [6, 6.07) is 8.11. The van der Waals surface area contributed by atoms with Gasteiger partial charge in [0.2, 0.25) is 0 Å². The van der Waals surface area contributed by atoms with Crippen molar-refractivity contribution in [1.82, 2.24) is 10.3 Å². The summed E-state index contributed by atoms with van der Waals surface area (Å²) in [6.45, 7) is 5.15. The maximum absolute atomic E-state index is 9.88. The van der Waals surface area contributed by atoms with E-state index in [0.29, 0.717) is 13.1 Å². The van der Waals surface area contributed by atoms with E-state index < -0.39 is 0 Å². The normalized spacial score (nSPS) is 18.3. The van der Waals surface area contributed by atoms with E-state index in [1.54, 1.807) is 0 Å². The molecular weight excluding hydrogens is 290 g/mol. The van der Waals surface area contributed by atoms with Gasteiger partial charge in [-0.05, 0) is 31.0 Å². The number of aliphatic hydroxyl groups is 1. The van der Waals surface area contributed by atoms with E-state index in [-0.39, 0.29) is 6.10 Å². The Hall–Kier alpha value is -1.85. The molecule has 1 saturated heterocycles. The number of nitrogens with one attached hydrogen (secondary N) is 1. The average molecular weight is 315 g/mol. The Morgan fingerprint density at radius 1 is 1.30 bits per heavy atom. The van der Waals surface area contributed by atoms with Gasteiger partial charge in [0.15, 0.2) is 0 Å². The van der Waals surface area contributed by atoms with Gasteiger partial charge in [-0.1, -0.05) is 13.0 Å². The second-order valence-electron chi connectivity index (χ2n) is 6.05. The number of furan rings is 1. The first kappa shape index (κ1) is 16.0. The predicted molar refractivity (Wildman–Crippen MR) is 90.3 cm³/mol. The molecule has 1 aliphatic heterocycles. The molecule has 5 nitrogen and oxygen atoms in total. The van der Waals surface area contributed by atoms with Crippen molar-refractivity contribution in [2.45, 2.75) is 45.4 Å². The van der Waals surface area contributed by atoms with Crippen LogP contribution in [-0.2, 0) is 19.5 Å². The Balaban J connectivity index is 1.61. The standard InChI is InChI=1S/C18H25N3O2/c1-2-16-7-8-17(23-16)12-19-11-14-5-3-9-20-18(14)21-10-4-6-15(22)13-21/h3,5,7-9,15,19,22H,2,4,6,10-13H2,1H3. The molecule has 3 heterocycles. The number of nitrogens with zero attached hydrogens (tertiary/aromatic N) is 2. The molecule has 0 saturated carbocycles. The van der Waals surface area contributed by atoms with Crippen LogP contribution in [0.15, 0.2) is 34.9 Å². The highest BCUT2D eigenvalue weighted by Crippen LogP contribution is 2.22. The molecule has 0 spiro atoms. The summed E-state index contributed by atoms with van der Waals surface area (Å²) in [5.74, 6) is 2.96. The third kappa shape index (κ3) is 4.12. The first-order chi connectivity index (χ1) is 11.3. The van der Waals surface area contributed by atoms with Crippen LogP contribution in [0.25, 0.3) is 0 Å². The van der Waals surface area contributed by atoms with Gasteiger partial charge in [0.25, 0.3) is 0 Å². The van der Waals surface area contributed by atoms with Crippen molar-refractivity contribution in [3.05, 3.63) is 47.5 Å². The highest BCUT2D eigenvalue weighted by Gasteiger charge is 2.20. The molecule has 124 valence electrons. The van der Waals surface area contributed by atoms with E-state index in [9.17, 15) is 5.11 Å². The number of hydrogen-bond donors (Lipinski definition) is 2. The molecule has 23 heavy (non-hydrogen) atoms. The molecule has 0 amide bonds. The fraction of sp³-hybridized carbons (Fsp3) is 0.500. The summed E-state index contributed by atoms with van der Waals surface area (Å²) in [5.41, 5.74) is 1.16. The molecule has 2 N–H and O–H groups in total. The van der Waals surface area contributed by atoms with Gasteiger partial charge < -0.3 is 19.7 Å². The molecule has 1 aliphatic rings. The van der Waals surface area contributed by atoms with Crippen molar-refractivity contribution in [2.24, 2.45) is 0 Å². The lowest BCUT2D eigenvalue weighted by molar-refractivity contribution is 0.154. The molecule has 1 unspecified atom stereocenters. The molecule has 1 fully saturated rings. The summed E-state index contributed by atoms with van der Waals surface area (Å²) in [6.07, 6.45) is 4.39. The van der Waals surface area contributed by atoms with Gasteiger partial charge in [0, 0.05) is 37.8 Å². The maximum atomic E-state index is 9.88. The Labute approximate surface area is 137 Å². The van der Waals surface area contributed by atoms with Crippen molar-refractivity contribution in [2.75, 3.05) is 18.0 Å². The number of rotatable bonds is 6. The Morgan fingerprint density at radius 3 is 2.96 bits per heavy atom. The van der Waals surface area contributed by atoms with E-state index in [1.165, 1.54) is 0 Å². The number of piperidine rings is 1. The third-order valence-electron chi connectivity index (χ3n) is 4.24. The minimum absolute atomic E-state index is 0.248. The number of pyridine rings is 1. The smallest absolute Gasteiger partial charge is 0.133 e. The minimum Gasteiger partial charge on any atom is -0.465 e. The van der Waals surface area contributed by atoms with Crippen molar-refractivity contribution in [1.29, 1.82) is 0 Å². The van der Waals surface area contributed by atoms with Crippen LogP contribution in [0, 0.1) is 0 Å². The second-order valence-corrected chi connectivity index (χ2v) is 6.05. The van der Waals surface area contributed by atoms with E-state index >= 15 is 0 Å². The molecule has 0 aliphatic carbocycles. The lowest BCUT2D eigenvalue weighted by atomic mass is 10.1. The highest BCUT2D eigenvalue weighted by atomic mass is 16.3. The minimum atomic E-state index is -0.248. The SMILES string of the molecule is CCc1ccc(CNCc2cccnc2N2CCCC(O)C2)o1. The highest BCUT2D eigenvalue weighted by molar-refractivity contribution is 5.47. The Bertz CT molecular complexity index is 626. The fourth-order valence-electron chi connectivity index (χ4n) is 3.03. The summed E-state index contributed by atoms with van der Waals surface area (Å²) in [4.78, 5) is 6.72. The van der Waals surface area contributed by atoms with Gasteiger partial charge >= 0.3 is 0 Å². The third-order valence-corrected chi connectivity index (χ3v) is 4.24. The van der Waals surface area contributed by atoms with Gasteiger partial charge in [-0.3, -0.25) is 0 Å². The molecule has 2 aromatic heterocycles. The topological polar surface area (TPSA) is 61.5 Å². The predicted octanol–water partition coefficient (Wildman–Crippen LogP) is 2.49. The van der Waals surface area contributed by atoms with Gasteiger partial charge in [-0.2, -0.15) is 0 Å². The molecule has 0 aromatic carbocycles. The van der Waals surface area contributed by atoms with Crippen LogP contribution in [0.2, 0.25) is 0 Å². The first-order valence-electron chi connectivity index (χ1n) is 8.41. The summed E-state index contributed by atoms with van der Waals surface area (Å²) in [5, 5.41) is 13.3. The van der Waals surface area contributed by atoms with Crippen LogP contribution in [0.4, 0.5) is 5.82 Å². The number of aromatic nitrogens is 1. The van der Waals surface area contributed by atoms with E-state index in [0.717, 1.165) is 55.3 Å². The maximum Gasteiger partial charge on any atom is 0.133 e. The van der Waals surface area contributed by atoms with Gasteiger partial charge in [0.1, 0.15) is 17.3 Å². The molecule has 0 radical (unpaired) electrons. The van der Waals surface area contributed by atoms with Crippen molar-refractivity contribution in [3.8, 4) is 0 Å². The molecule has 3 rings (SSSR count). The Morgan fingerprint density at radius 2 is 2.17 bits per heavy atom. The van der Waals surface area contributed by atoms with Crippen LogP contribution >= 0.6 is 0 Å². The quantitative estimate of drug-likeness (QED) is 0.857. The summed E-state index contributed by atoms with van der Waals surface area (Å²) < 4.78 is 5.71. The van der Waals surface area contributed by atoms with E-state index in [4.69, 9.17) is 4.42 Å². The number of β-amino-alcohol motifs (C(OH)–C–C–N with tert-alkyl or cyclic N) is 1. The molecule has 0 bridgehead atoms. The van der Waals surface area contributed by atoms with Crippen molar-refractivity contribution < 1.29 is 9.52 Å². The van der Waals surface area contributed by atoms with Crippen LogP contribution in [0.1, 0.15) is 36.8 Å². The largest absolute Gasteiger partial charge is 0.465 e. The van der Waals surface area contributed by atoms with Gasteiger partial charge in [0.05, 0.1) is 12.6 Å². The van der Waals surface area contributed by atoms with E-state index in [1.807, 2.05) is 24.4 Å². The van der Waals surface area contributed by atoms with Crippen LogP contribution in [-0.4, -0.2) is 29.3 Å². The number of hydrogen-bond acceptors (Lipinski definition) is 5. The molecule has 2 aromatic rings. The molecule has 1 atom stereocenters. The average Bonchev–Trinajstić information content (AvgIpc) is 3.03. The summed E-state index contributed by atoms with van der Waals surface area (Å²) in [7, 11) is 0. The number of anilines is 1. The molecular formula is C18H25N3O2. The monoisotopic (exact) mass is 315 g/mol. The zero-order valence-corrected chi connectivity index (χ0v) is 13.7. The van der Waals surface area contributed by atoms with E-state index in [2.05, 4.69) is 28.2 Å². The lowest BCUT2D eigenvalue weighted by Crippen LogP contribution is -2.39. The van der Waals surface area contributed by atoms with Crippen LogP contribution in [0.5, 0.6) is 0 Å². The van der Waals surface area contributed by atoms with Crippen LogP contribution in [0.3, 0.4) is 0 Å². The number of aryl methyl sites for hydroxylation is 1. The second kappa shape index (κ2) is 7.62. The van der Waals surface area contributed by atoms with Crippen molar-refractivity contribution in [3.63, 3.8) is 0 Å². The van der Waals surface area contributed by atoms with Gasteiger partial charge in [-0.25, -0.2) is 4.98 Å². The zero-order chi connectivity index (χ0) is 16.1. The summed E-state index contributed by atoms with van der Waals surface area (Å²) >= 11 is 0. The first-order valence-corrected chi connectivity index (χ1v) is 8.41. The lowest BCUT2D eigenvalue weighted by Gasteiger charge is -2.32. The molecule has 5 heteroatoms. The van der Waals surface area contributed by atoms with Crippen LogP contribution < -0.4 is 10.2 Å². The zero-order valence-electron chi connectivity index (χ0n) is 13.7. The van der Waals surface area contributed by atoms with Gasteiger partial charge in [-0.15, -0.1) is 0 Å². The van der Waals surface area contributed by atoms with Crippen molar-refractivity contribution >= 4 is 5.82 Å². The Kier molecular flexibility index (Phi) is 5.31. The number of aliphatic hydroxyl groups excluding tert-OH is 1. The fourth-order valence-corrected chi connectivity index (χ4v) is 3.03.